The number of anilines is 1. The Labute approximate surface area is 255 Å². The van der Waals surface area contributed by atoms with Crippen molar-refractivity contribution < 1.29 is 14.3 Å². The van der Waals surface area contributed by atoms with Crippen molar-refractivity contribution in [2.24, 2.45) is 0 Å². The second kappa shape index (κ2) is 13.3. The molecule has 0 radical (unpaired) electrons. The van der Waals surface area contributed by atoms with Gasteiger partial charge in [0.05, 0.1) is 29.8 Å². The normalized spacial score (nSPS) is 13.0. The van der Waals surface area contributed by atoms with Gasteiger partial charge >= 0.3 is 5.69 Å². The molecule has 0 atom stereocenters. The maximum atomic E-state index is 14.4. The molecule has 44 heavy (non-hydrogen) atoms. The van der Waals surface area contributed by atoms with Crippen LogP contribution in [0.25, 0.3) is 16.9 Å². The third kappa shape index (κ3) is 6.20. The second-order valence-corrected chi connectivity index (χ2v) is 10.4. The molecule has 0 aliphatic carbocycles. The van der Waals surface area contributed by atoms with E-state index < -0.39 is 0 Å². The number of hydrogen-bond donors (Lipinski definition) is 2. The van der Waals surface area contributed by atoms with E-state index in [0.29, 0.717) is 73.7 Å². The molecule has 0 spiro atoms. The Kier molecular flexibility index (Phi) is 8.70. The molecule has 1 aliphatic heterocycles. The van der Waals surface area contributed by atoms with Crippen LogP contribution in [0.15, 0.2) is 108 Å². The molecule has 0 unspecified atom stereocenters. The van der Waals surface area contributed by atoms with Gasteiger partial charge < -0.3 is 25.4 Å². The molecule has 3 heterocycles. The van der Waals surface area contributed by atoms with E-state index in [1.54, 1.807) is 38.6 Å². The number of nitrogens with one attached hydrogen (secondary N) is 1. The molecular formula is C34H34N6O4. The molecule has 1 fully saturated rings. The first-order valence-electron chi connectivity index (χ1n) is 14.6. The molecule has 5 aromatic rings. The maximum absolute atomic E-state index is 14.4. The van der Waals surface area contributed by atoms with E-state index in [0.717, 1.165) is 11.1 Å². The fourth-order valence-corrected chi connectivity index (χ4v) is 5.37. The van der Waals surface area contributed by atoms with Gasteiger partial charge in [-0.3, -0.25) is 18.9 Å². The highest BCUT2D eigenvalue weighted by atomic mass is 16.5. The molecule has 3 N–H and O–H groups in total. The van der Waals surface area contributed by atoms with Crippen LogP contribution in [-0.2, 0) is 6.54 Å². The highest BCUT2D eigenvalue weighted by molar-refractivity contribution is 5.99. The van der Waals surface area contributed by atoms with Gasteiger partial charge in [0.15, 0.2) is 0 Å². The number of carbonyl (C=O) groups is 1. The number of benzene rings is 3. The first-order chi connectivity index (χ1) is 21.6. The topological polar surface area (TPSA) is 117 Å². The lowest BCUT2D eigenvalue weighted by molar-refractivity contribution is 0.0725. The number of carbonyl (C=O) groups excluding carboxylic acids is 1. The third-order valence-electron chi connectivity index (χ3n) is 7.47. The fraction of sp³-hybridized carbons (Fsp3) is 0.206. The number of nitrogen functional groups attached to an aromatic ring is 1. The smallest absolute Gasteiger partial charge is 0.334 e. The molecule has 0 bridgehead atoms. The van der Waals surface area contributed by atoms with Crippen LogP contribution < -0.4 is 26.2 Å². The van der Waals surface area contributed by atoms with Crippen molar-refractivity contribution in [1.82, 2.24) is 24.3 Å². The average Bonchev–Trinajstić information content (AvgIpc) is 3.35. The van der Waals surface area contributed by atoms with Gasteiger partial charge in [0.1, 0.15) is 30.4 Å². The Morgan fingerprint density at radius 3 is 2.34 bits per heavy atom. The van der Waals surface area contributed by atoms with Gasteiger partial charge in [-0.2, -0.15) is 0 Å². The van der Waals surface area contributed by atoms with E-state index in [4.69, 9.17) is 15.2 Å². The number of aromatic nitrogens is 3. The minimum Gasteiger partial charge on any atom is -0.490 e. The number of nitrogens with zero attached hydrogens (tertiary/aromatic N) is 4. The maximum Gasteiger partial charge on any atom is 0.334 e. The van der Waals surface area contributed by atoms with Gasteiger partial charge in [0.25, 0.3) is 5.91 Å². The Balaban J connectivity index is 1.39. The lowest BCUT2D eigenvalue weighted by Crippen LogP contribution is -2.47. The van der Waals surface area contributed by atoms with Crippen LogP contribution in [0.4, 0.5) is 5.69 Å². The van der Waals surface area contributed by atoms with Crippen LogP contribution >= 0.6 is 0 Å². The second-order valence-electron chi connectivity index (χ2n) is 10.4. The summed E-state index contributed by atoms with van der Waals surface area (Å²) in [5, 5.41) is 3.30. The van der Waals surface area contributed by atoms with Crippen molar-refractivity contribution in [3.63, 3.8) is 0 Å². The zero-order valence-electron chi connectivity index (χ0n) is 24.3. The molecule has 1 aliphatic rings. The molecule has 6 rings (SSSR count). The standard InChI is InChI=1S/C34H34N6O4/c35-29-13-4-5-14-30(29)40-31(26-9-2-1-3-10-26)32(33(41)38-18-16-36-17-19-38)39(34(40)42)24-25-8-6-11-27(22-25)43-20-21-44-28-12-7-15-37-23-28/h1-15,22-23,36H,16-21,24,35H2. The summed E-state index contributed by atoms with van der Waals surface area (Å²) in [7, 11) is 0. The molecule has 224 valence electrons. The van der Waals surface area contributed by atoms with Crippen molar-refractivity contribution >= 4 is 11.6 Å². The van der Waals surface area contributed by atoms with Gasteiger partial charge in [0.2, 0.25) is 0 Å². The molecule has 2 aromatic heterocycles. The highest BCUT2D eigenvalue weighted by Gasteiger charge is 2.31. The summed E-state index contributed by atoms with van der Waals surface area (Å²) in [5.74, 6) is 1.11. The summed E-state index contributed by atoms with van der Waals surface area (Å²) < 4.78 is 14.8. The molecule has 3 aromatic carbocycles. The summed E-state index contributed by atoms with van der Waals surface area (Å²) in [6.45, 7) is 3.30. The first kappa shape index (κ1) is 28.8. The van der Waals surface area contributed by atoms with Crippen molar-refractivity contribution in [3.05, 3.63) is 125 Å². The van der Waals surface area contributed by atoms with E-state index in [1.165, 1.54) is 0 Å². The number of imidazole rings is 1. The van der Waals surface area contributed by atoms with Crippen molar-refractivity contribution in [2.45, 2.75) is 6.54 Å². The van der Waals surface area contributed by atoms with Gasteiger partial charge in [-0.1, -0.05) is 54.6 Å². The molecule has 0 saturated carbocycles. The molecule has 1 saturated heterocycles. The summed E-state index contributed by atoms with van der Waals surface area (Å²) in [5.41, 5.74) is 9.41. The van der Waals surface area contributed by atoms with Crippen LogP contribution in [0.2, 0.25) is 0 Å². The highest BCUT2D eigenvalue weighted by Crippen LogP contribution is 2.30. The predicted octanol–water partition coefficient (Wildman–Crippen LogP) is 3.83. The van der Waals surface area contributed by atoms with Gasteiger partial charge in [-0.15, -0.1) is 0 Å². The van der Waals surface area contributed by atoms with Gasteiger partial charge in [-0.25, -0.2) is 4.79 Å². The lowest BCUT2D eigenvalue weighted by atomic mass is 10.1. The molecular weight excluding hydrogens is 556 g/mol. The lowest BCUT2D eigenvalue weighted by Gasteiger charge is -2.28. The number of para-hydroxylation sites is 2. The summed E-state index contributed by atoms with van der Waals surface area (Å²) in [6.07, 6.45) is 3.34. The largest absolute Gasteiger partial charge is 0.490 e. The number of nitrogens with two attached hydrogens (primary N) is 1. The quantitative estimate of drug-likeness (QED) is 0.188. The van der Waals surface area contributed by atoms with E-state index in [9.17, 15) is 9.59 Å². The van der Waals surface area contributed by atoms with E-state index in [-0.39, 0.29) is 18.1 Å². The van der Waals surface area contributed by atoms with Crippen molar-refractivity contribution in [3.8, 4) is 28.4 Å². The van der Waals surface area contributed by atoms with Crippen molar-refractivity contribution in [1.29, 1.82) is 0 Å². The Morgan fingerprint density at radius 2 is 1.59 bits per heavy atom. The Hall–Kier alpha value is -5.35. The van der Waals surface area contributed by atoms with Crippen LogP contribution in [0.1, 0.15) is 16.1 Å². The number of amides is 1. The summed E-state index contributed by atoms with van der Waals surface area (Å²) in [4.78, 5) is 34.5. The Bertz CT molecular complexity index is 1780. The number of piperazine rings is 1. The molecule has 10 nitrogen and oxygen atoms in total. The third-order valence-corrected chi connectivity index (χ3v) is 7.47. The average molecular weight is 591 g/mol. The van der Waals surface area contributed by atoms with Crippen LogP contribution in [0.5, 0.6) is 11.5 Å². The van der Waals surface area contributed by atoms with Crippen molar-refractivity contribution in [2.75, 3.05) is 45.1 Å². The molecule has 1 amide bonds. The number of ether oxygens (including phenoxy) is 2. The number of rotatable bonds is 10. The van der Waals surface area contributed by atoms with Crippen LogP contribution in [-0.4, -0.2) is 64.3 Å². The van der Waals surface area contributed by atoms with Crippen LogP contribution in [0.3, 0.4) is 0 Å². The van der Waals surface area contributed by atoms with E-state index >= 15 is 0 Å². The SMILES string of the molecule is Nc1ccccc1-n1c(-c2ccccc2)c(C(=O)N2CCNCC2)n(Cc2cccc(OCCOc3cccnc3)c2)c1=O. The summed E-state index contributed by atoms with van der Waals surface area (Å²) in [6, 6.07) is 27.9. The summed E-state index contributed by atoms with van der Waals surface area (Å²) >= 11 is 0. The van der Waals surface area contributed by atoms with E-state index in [2.05, 4.69) is 10.3 Å². The molecule has 10 heteroatoms. The first-order valence-corrected chi connectivity index (χ1v) is 14.6. The number of pyridine rings is 1. The minimum absolute atomic E-state index is 0.162. The minimum atomic E-state index is -0.351. The Morgan fingerprint density at radius 1 is 0.864 bits per heavy atom. The zero-order valence-corrected chi connectivity index (χ0v) is 24.3. The van der Waals surface area contributed by atoms with Gasteiger partial charge in [0, 0.05) is 37.9 Å². The fourth-order valence-electron chi connectivity index (χ4n) is 5.37. The van der Waals surface area contributed by atoms with Crippen LogP contribution in [0, 0.1) is 0 Å². The van der Waals surface area contributed by atoms with E-state index in [1.807, 2.05) is 78.9 Å². The zero-order chi connectivity index (χ0) is 30.3. The predicted molar refractivity (Wildman–Crippen MR) is 169 cm³/mol. The monoisotopic (exact) mass is 590 g/mol. The number of hydrogen-bond acceptors (Lipinski definition) is 7. The van der Waals surface area contributed by atoms with Gasteiger partial charge in [-0.05, 0) is 42.0 Å².